The minimum absolute atomic E-state index is 0.142. The van der Waals surface area contributed by atoms with Gasteiger partial charge >= 0.3 is 0 Å². The number of aliphatic hydroxyl groups excluding tert-OH is 3. The lowest BCUT2D eigenvalue weighted by Crippen LogP contribution is -2.42. The Kier molecular flexibility index (Phi) is 19.3. The van der Waals surface area contributed by atoms with Gasteiger partial charge in [-0.3, -0.25) is 9.59 Å². The van der Waals surface area contributed by atoms with Gasteiger partial charge in [0.1, 0.15) is 18.0 Å². The van der Waals surface area contributed by atoms with E-state index in [-0.39, 0.29) is 25.2 Å². The van der Waals surface area contributed by atoms with Crippen LogP contribution in [0.25, 0.3) is 0 Å². The van der Waals surface area contributed by atoms with E-state index in [1.807, 2.05) is 0 Å². The summed E-state index contributed by atoms with van der Waals surface area (Å²) < 4.78 is 0. The van der Waals surface area contributed by atoms with Crippen LogP contribution in [0.3, 0.4) is 0 Å². The molecule has 3 atom stereocenters. The molecule has 5 N–H and O–H groups in total. The van der Waals surface area contributed by atoms with Gasteiger partial charge in [0.25, 0.3) is 0 Å². The van der Waals surface area contributed by atoms with Gasteiger partial charge in [0, 0.05) is 6.42 Å². The Hall–Kier alpha value is -1.60. The second-order valence-electron chi connectivity index (χ2n) is 7.79. The first kappa shape index (κ1) is 29.4. The minimum atomic E-state index is -1.76. The molecular formula is C25H43NO5. The fourth-order valence-corrected chi connectivity index (χ4v) is 3.22. The SMILES string of the molecule is CC/C=C\C/C=C\C/C=C\CCCCCCCC(=O)C(CCN)C(=O)C(O)C(O)CO. The summed E-state index contributed by atoms with van der Waals surface area (Å²) in [4.78, 5) is 24.6. The maximum Gasteiger partial charge on any atom is 0.174 e. The van der Waals surface area contributed by atoms with Gasteiger partial charge in [-0.05, 0) is 51.5 Å². The van der Waals surface area contributed by atoms with Crippen LogP contribution in [0.15, 0.2) is 36.5 Å². The maximum absolute atomic E-state index is 12.4. The molecule has 0 aromatic rings. The van der Waals surface area contributed by atoms with E-state index in [4.69, 9.17) is 10.8 Å². The van der Waals surface area contributed by atoms with Crippen LogP contribution in [0.2, 0.25) is 0 Å². The molecule has 6 heteroatoms. The predicted octanol–water partition coefficient (Wildman–Crippen LogP) is 3.39. The first-order chi connectivity index (χ1) is 15.0. The molecule has 0 fully saturated rings. The number of nitrogens with two attached hydrogens (primary N) is 1. The molecule has 0 rings (SSSR count). The van der Waals surface area contributed by atoms with Crippen LogP contribution in [-0.4, -0.2) is 52.2 Å². The van der Waals surface area contributed by atoms with E-state index in [9.17, 15) is 19.8 Å². The average molecular weight is 438 g/mol. The number of carbonyl (C=O) groups excluding carboxylic acids is 2. The molecule has 0 saturated carbocycles. The largest absolute Gasteiger partial charge is 0.394 e. The second kappa shape index (κ2) is 20.3. The topological polar surface area (TPSA) is 121 Å². The van der Waals surface area contributed by atoms with Gasteiger partial charge in [-0.25, -0.2) is 0 Å². The molecule has 31 heavy (non-hydrogen) atoms. The van der Waals surface area contributed by atoms with Gasteiger partial charge in [-0.15, -0.1) is 0 Å². The molecule has 0 aliphatic heterocycles. The van der Waals surface area contributed by atoms with Crippen molar-refractivity contribution < 1.29 is 24.9 Å². The third-order valence-corrected chi connectivity index (χ3v) is 5.10. The summed E-state index contributed by atoms with van der Waals surface area (Å²) in [7, 11) is 0. The van der Waals surface area contributed by atoms with E-state index in [1.165, 1.54) is 0 Å². The summed E-state index contributed by atoms with van der Waals surface area (Å²) in [5, 5.41) is 28.1. The summed E-state index contributed by atoms with van der Waals surface area (Å²) >= 11 is 0. The molecule has 0 aromatic carbocycles. The lowest BCUT2D eigenvalue weighted by atomic mass is 9.88. The predicted molar refractivity (Wildman–Crippen MR) is 126 cm³/mol. The van der Waals surface area contributed by atoms with Gasteiger partial charge in [0.05, 0.1) is 12.5 Å². The molecule has 0 saturated heterocycles. The monoisotopic (exact) mass is 437 g/mol. The molecule has 0 bridgehead atoms. The third-order valence-electron chi connectivity index (χ3n) is 5.10. The number of aliphatic hydroxyl groups is 3. The summed E-state index contributed by atoms with van der Waals surface area (Å²) in [5.74, 6) is -2.01. The Bertz CT molecular complexity index is 556. The Morgan fingerprint density at radius 1 is 0.871 bits per heavy atom. The van der Waals surface area contributed by atoms with Crippen molar-refractivity contribution in [1.29, 1.82) is 0 Å². The van der Waals surface area contributed by atoms with Crippen LogP contribution in [0, 0.1) is 5.92 Å². The molecule has 0 amide bonds. The molecule has 0 aliphatic carbocycles. The van der Waals surface area contributed by atoms with E-state index in [0.717, 1.165) is 51.4 Å². The zero-order chi connectivity index (χ0) is 23.3. The molecule has 0 aliphatic rings. The number of allylic oxidation sites excluding steroid dienone is 6. The van der Waals surface area contributed by atoms with E-state index >= 15 is 0 Å². The molecule has 178 valence electrons. The van der Waals surface area contributed by atoms with Crippen molar-refractivity contribution in [2.24, 2.45) is 11.7 Å². The van der Waals surface area contributed by atoms with Crippen molar-refractivity contribution >= 4 is 11.6 Å². The molecule has 0 aromatic heterocycles. The maximum atomic E-state index is 12.4. The van der Waals surface area contributed by atoms with Crippen molar-refractivity contribution in [2.75, 3.05) is 13.2 Å². The van der Waals surface area contributed by atoms with Crippen LogP contribution in [0.5, 0.6) is 0 Å². The van der Waals surface area contributed by atoms with Crippen molar-refractivity contribution in [3.63, 3.8) is 0 Å². The smallest absolute Gasteiger partial charge is 0.174 e. The van der Waals surface area contributed by atoms with E-state index in [2.05, 4.69) is 43.4 Å². The standard InChI is InChI=1S/C25H43NO5/c1-2-3-4-5-6-7-8-9-10-11-12-13-14-15-16-17-22(28)21(18-19-26)24(30)25(31)23(29)20-27/h3-4,6-7,9-10,21,23,25,27,29,31H,2,5,8,11-20,26H2,1H3/b4-3-,7-6-,10-9-. The molecule has 0 spiro atoms. The number of carbonyl (C=O) groups is 2. The first-order valence-corrected chi connectivity index (χ1v) is 11.7. The van der Waals surface area contributed by atoms with Gasteiger partial charge < -0.3 is 21.1 Å². The van der Waals surface area contributed by atoms with Gasteiger partial charge in [0.15, 0.2) is 5.78 Å². The van der Waals surface area contributed by atoms with Crippen LogP contribution in [0.4, 0.5) is 0 Å². The zero-order valence-corrected chi connectivity index (χ0v) is 19.1. The van der Waals surface area contributed by atoms with Crippen LogP contribution in [-0.2, 0) is 9.59 Å². The van der Waals surface area contributed by atoms with Gasteiger partial charge in [-0.2, -0.15) is 0 Å². The van der Waals surface area contributed by atoms with Crippen molar-refractivity contribution in [2.45, 2.75) is 89.8 Å². The average Bonchev–Trinajstić information content (AvgIpc) is 2.78. The van der Waals surface area contributed by atoms with Crippen molar-refractivity contribution in [3.05, 3.63) is 36.5 Å². The van der Waals surface area contributed by atoms with Crippen LogP contribution < -0.4 is 5.73 Å². The highest BCUT2D eigenvalue weighted by Gasteiger charge is 2.33. The highest BCUT2D eigenvalue weighted by Crippen LogP contribution is 2.16. The Balaban J connectivity index is 3.95. The van der Waals surface area contributed by atoms with Gasteiger partial charge in [-0.1, -0.05) is 62.6 Å². The quantitative estimate of drug-likeness (QED) is 0.132. The number of rotatable bonds is 20. The number of hydrogen-bond donors (Lipinski definition) is 4. The van der Waals surface area contributed by atoms with Crippen LogP contribution in [0.1, 0.15) is 77.6 Å². The zero-order valence-electron chi connectivity index (χ0n) is 19.1. The summed E-state index contributed by atoms with van der Waals surface area (Å²) in [5.41, 5.74) is 5.49. The fourth-order valence-electron chi connectivity index (χ4n) is 3.22. The molecule has 0 heterocycles. The van der Waals surface area contributed by atoms with E-state index in [0.29, 0.717) is 6.42 Å². The minimum Gasteiger partial charge on any atom is -0.394 e. The number of hydrogen-bond acceptors (Lipinski definition) is 6. The van der Waals surface area contributed by atoms with Crippen molar-refractivity contribution in [1.82, 2.24) is 0 Å². The second-order valence-corrected chi connectivity index (χ2v) is 7.79. The summed E-state index contributed by atoms with van der Waals surface area (Å²) in [6.45, 7) is 1.53. The normalized spacial score (nSPS) is 15.1. The van der Waals surface area contributed by atoms with Crippen molar-refractivity contribution in [3.8, 4) is 0 Å². The Morgan fingerprint density at radius 2 is 1.45 bits per heavy atom. The third kappa shape index (κ3) is 14.9. The highest BCUT2D eigenvalue weighted by molar-refractivity contribution is 6.04. The molecule has 6 nitrogen and oxygen atoms in total. The molecular weight excluding hydrogens is 394 g/mol. The lowest BCUT2D eigenvalue weighted by Gasteiger charge is -2.20. The summed E-state index contributed by atoms with van der Waals surface area (Å²) in [6.07, 6.45) is 19.1. The molecule has 3 unspecified atom stereocenters. The molecule has 0 radical (unpaired) electrons. The van der Waals surface area contributed by atoms with Crippen LogP contribution >= 0.6 is 0 Å². The first-order valence-electron chi connectivity index (χ1n) is 11.7. The lowest BCUT2D eigenvalue weighted by molar-refractivity contribution is -0.143. The highest BCUT2D eigenvalue weighted by atomic mass is 16.4. The van der Waals surface area contributed by atoms with E-state index < -0.39 is 30.5 Å². The number of ketones is 2. The van der Waals surface area contributed by atoms with Gasteiger partial charge in [0.2, 0.25) is 0 Å². The summed E-state index contributed by atoms with van der Waals surface area (Å²) in [6, 6.07) is 0. The Labute approximate surface area is 187 Å². The van der Waals surface area contributed by atoms with E-state index in [1.54, 1.807) is 0 Å². The Morgan fingerprint density at radius 3 is 2.06 bits per heavy atom. The number of unbranched alkanes of at least 4 members (excludes halogenated alkanes) is 5. The fraction of sp³-hybridized carbons (Fsp3) is 0.680. The number of Topliss-reactive ketones (excluding diaryl/α,β-unsaturated/α-hetero) is 2.